The van der Waals surface area contributed by atoms with Gasteiger partial charge >= 0.3 is 0 Å². The maximum absolute atomic E-state index is 13.6. The summed E-state index contributed by atoms with van der Waals surface area (Å²) in [5.74, 6) is 0.581. The minimum atomic E-state index is -0.841. The summed E-state index contributed by atoms with van der Waals surface area (Å²) in [4.78, 5) is 19.1. The molecule has 2 aromatic heterocycles. The molecule has 0 amide bonds. The summed E-state index contributed by atoms with van der Waals surface area (Å²) in [5, 5.41) is 0.117. The van der Waals surface area contributed by atoms with E-state index in [-0.39, 0.29) is 5.28 Å². The molecule has 0 spiro atoms. The highest BCUT2D eigenvalue weighted by atomic mass is 35.5. The van der Waals surface area contributed by atoms with Crippen molar-refractivity contribution in [1.82, 2.24) is 19.9 Å². The van der Waals surface area contributed by atoms with Gasteiger partial charge in [0.15, 0.2) is 17.0 Å². The van der Waals surface area contributed by atoms with Crippen LogP contribution in [-0.2, 0) is 0 Å². The number of alkyl halides is 1. The Morgan fingerprint density at radius 1 is 1.15 bits per heavy atom. The van der Waals surface area contributed by atoms with Crippen LogP contribution in [-0.4, -0.2) is 39.2 Å². The normalized spacial score (nSPS) is 19.6. The van der Waals surface area contributed by atoms with Gasteiger partial charge in [0.05, 0.1) is 17.9 Å². The number of rotatable bonds is 1. The third-order valence-electron chi connectivity index (χ3n) is 3.56. The van der Waals surface area contributed by atoms with Crippen molar-refractivity contribution in [3.05, 3.63) is 16.7 Å². The number of fused-ring (bicyclic) bond motifs is 1. The number of anilines is 1. The smallest absolute Gasteiger partial charge is 0.226 e. The third-order valence-corrected chi connectivity index (χ3v) is 3.73. The van der Waals surface area contributed by atoms with Gasteiger partial charge in [-0.05, 0) is 38.3 Å². The molecule has 106 valence electrons. The van der Waals surface area contributed by atoms with Crippen LogP contribution in [0, 0.1) is 13.8 Å². The molecule has 7 heteroatoms. The summed E-state index contributed by atoms with van der Waals surface area (Å²) >= 11 is 5.96. The van der Waals surface area contributed by atoms with Crippen LogP contribution in [0.3, 0.4) is 0 Å². The summed E-state index contributed by atoms with van der Waals surface area (Å²) in [5.41, 5.74) is 2.68. The van der Waals surface area contributed by atoms with Crippen molar-refractivity contribution < 1.29 is 4.39 Å². The maximum Gasteiger partial charge on any atom is 0.226 e. The van der Waals surface area contributed by atoms with Crippen LogP contribution in [0.25, 0.3) is 11.2 Å². The quantitative estimate of drug-likeness (QED) is 0.757. The summed E-state index contributed by atoms with van der Waals surface area (Å²) in [6.45, 7) is 4.82. The average molecular weight is 296 g/mol. The van der Waals surface area contributed by atoms with Crippen molar-refractivity contribution in [2.75, 3.05) is 18.0 Å². The van der Waals surface area contributed by atoms with E-state index in [0.717, 1.165) is 24.4 Å². The molecule has 0 N–H and O–H groups in total. The summed E-state index contributed by atoms with van der Waals surface area (Å²) in [7, 11) is 0. The first-order chi connectivity index (χ1) is 9.54. The first kappa shape index (κ1) is 13.4. The van der Waals surface area contributed by atoms with E-state index in [0.29, 0.717) is 29.9 Å². The predicted molar refractivity (Wildman–Crippen MR) is 76.0 cm³/mol. The monoisotopic (exact) mass is 295 g/mol. The highest BCUT2D eigenvalue weighted by Gasteiger charge is 2.23. The van der Waals surface area contributed by atoms with Crippen molar-refractivity contribution in [2.24, 2.45) is 0 Å². The Kier molecular flexibility index (Phi) is 3.41. The molecular weight excluding hydrogens is 281 g/mol. The van der Waals surface area contributed by atoms with Crippen molar-refractivity contribution in [3.8, 4) is 0 Å². The highest BCUT2D eigenvalue weighted by molar-refractivity contribution is 6.28. The molecule has 1 atom stereocenters. The Balaban J connectivity index is 2.15. The minimum Gasteiger partial charge on any atom is -0.352 e. The van der Waals surface area contributed by atoms with Crippen LogP contribution in [0.5, 0.6) is 0 Å². The SMILES string of the molecule is Cc1nc2nc(Cl)nc(N3CCCC(F)C3)c2nc1C. The van der Waals surface area contributed by atoms with Crippen LogP contribution in [0.1, 0.15) is 24.2 Å². The molecule has 0 radical (unpaired) electrons. The minimum absolute atomic E-state index is 0.117. The van der Waals surface area contributed by atoms with Gasteiger partial charge in [0, 0.05) is 6.54 Å². The molecule has 0 bridgehead atoms. The molecule has 2 aromatic rings. The molecule has 1 saturated heterocycles. The average Bonchev–Trinajstić information content (AvgIpc) is 2.40. The zero-order valence-corrected chi connectivity index (χ0v) is 12.2. The molecule has 5 nitrogen and oxygen atoms in total. The van der Waals surface area contributed by atoms with Crippen molar-refractivity contribution in [1.29, 1.82) is 0 Å². The molecule has 1 fully saturated rings. The molecule has 20 heavy (non-hydrogen) atoms. The van der Waals surface area contributed by atoms with Gasteiger partial charge in [0.25, 0.3) is 0 Å². The van der Waals surface area contributed by atoms with Gasteiger partial charge in [-0.15, -0.1) is 0 Å². The van der Waals surface area contributed by atoms with E-state index in [1.54, 1.807) is 0 Å². The van der Waals surface area contributed by atoms with E-state index in [2.05, 4.69) is 19.9 Å². The second kappa shape index (κ2) is 5.09. The Morgan fingerprint density at radius 3 is 2.65 bits per heavy atom. The van der Waals surface area contributed by atoms with Crippen molar-refractivity contribution in [2.45, 2.75) is 32.9 Å². The molecule has 1 aliphatic rings. The van der Waals surface area contributed by atoms with E-state index in [1.165, 1.54) is 0 Å². The van der Waals surface area contributed by atoms with Crippen LogP contribution in [0.4, 0.5) is 10.2 Å². The molecule has 3 heterocycles. The number of halogens is 2. The van der Waals surface area contributed by atoms with Gasteiger partial charge in [-0.3, -0.25) is 0 Å². The standard InChI is InChI=1S/C13H15ClFN5/c1-7-8(2)17-11-10(16-7)12(19-13(14)18-11)20-5-3-4-9(15)6-20/h9H,3-6H2,1-2H3. The second-order valence-corrected chi connectivity index (χ2v) is 5.41. The van der Waals surface area contributed by atoms with E-state index in [4.69, 9.17) is 11.6 Å². The highest BCUT2D eigenvalue weighted by Crippen LogP contribution is 2.27. The number of hydrogen-bond acceptors (Lipinski definition) is 5. The van der Waals surface area contributed by atoms with Gasteiger partial charge in [-0.25, -0.2) is 14.4 Å². The summed E-state index contributed by atoms with van der Waals surface area (Å²) < 4.78 is 13.6. The van der Waals surface area contributed by atoms with Crippen molar-refractivity contribution in [3.63, 3.8) is 0 Å². The predicted octanol–water partition coefficient (Wildman–Crippen LogP) is 2.63. The van der Waals surface area contributed by atoms with Crippen LogP contribution in [0.2, 0.25) is 5.28 Å². The lowest BCUT2D eigenvalue weighted by Gasteiger charge is -2.30. The molecule has 3 rings (SSSR count). The Morgan fingerprint density at radius 2 is 1.90 bits per heavy atom. The fourth-order valence-corrected chi connectivity index (χ4v) is 2.57. The number of nitrogens with zero attached hydrogens (tertiary/aromatic N) is 5. The summed E-state index contributed by atoms with van der Waals surface area (Å²) in [6.07, 6.45) is 0.548. The first-order valence-electron chi connectivity index (χ1n) is 6.62. The molecule has 1 unspecified atom stereocenters. The third kappa shape index (κ3) is 2.40. The lowest BCUT2D eigenvalue weighted by atomic mass is 10.1. The Bertz CT molecular complexity index is 663. The lowest BCUT2D eigenvalue weighted by Crippen LogP contribution is -2.37. The van der Waals surface area contributed by atoms with Crippen LogP contribution in [0.15, 0.2) is 0 Å². The number of aryl methyl sites for hydroxylation is 2. The van der Waals surface area contributed by atoms with E-state index >= 15 is 0 Å². The molecule has 0 aromatic carbocycles. The van der Waals surface area contributed by atoms with E-state index in [1.807, 2.05) is 18.7 Å². The topological polar surface area (TPSA) is 54.8 Å². The van der Waals surface area contributed by atoms with Crippen LogP contribution >= 0.6 is 11.6 Å². The number of piperidine rings is 1. The van der Waals surface area contributed by atoms with Crippen LogP contribution < -0.4 is 4.90 Å². The zero-order chi connectivity index (χ0) is 14.3. The van der Waals surface area contributed by atoms with Gasteiger partial charge in [-0.1, -0.05) is 0 Å². The number of aromatic nitrogens is 4. The molecule has 0 saturated carbocycles. The Labute approximate surface area is 121 Å². The molecule has 0 aliphatic carbocycles. The van der Waals surface area contributed by atoms with E-state index < -0.39 is 6.17 Å². The maximum atomic E-state index is 13.6. The first-order valence-corrected chi connectivity index (χ1v) is 7.00. The molecular formula is C13H15ClFN5. The zero-order valence-electron chi connectivity index (χ0n) is 11.4. The van der Waals surface area contributed by atoms with Gasteiger partial charge in [0.2, 0.25) is 5.28 Å². The largest absolute Gasteiger partial charge is 0.352 e. The van der Waals surface area contributed by atoms with Crippen molar-refractivity contribution >= 4 is 28.6 Å². The Hall–Kier alpha value is -1.56. The molecule has 1 aliphatic heterocycles. The van der Waals surface area contributed by atoms with Gasteiger partial charge < -0.3 is 4.90 Å². The lowest BCUT2D eigenvalue weighted by molar-refractivity contribution is 0.286. The van der Waals surface area contributed by atoms with Gasteiger partial charge in [0.1, 0.15) is 6.17 Å². The van der Waals surface area contributed by atoms with Gasteiger partial charge in [-0.2, -0.15) is 9.97 Å². The fourth-order valence-electron chi connectivity index (χ4n) is 2.41. The number of hydrogen-bond donors (Lipinski definition) is 0. The fraction of sp³-hybridized carbons (Fsp3) is 0.538. The second-order valence-electron chi connectivity index (χ2n) is 5.07. The van der Waals surface area contributed by atoms with E-state index in [9.17, 15) is 4.39 Å². The summed E-state index contributed by atoms with van der Waals surface area (Å²) in [6, 6.07) is 0.